The van der Waals surface area contributed by atoms with Crippen molar-refractivity contribution in [2.24, 2.45) is 0 Å². The predicted octanol–water partition coefficient (Wildman–Crippen LogP) is 2.24. The number of hydrogen-bond acceptors (Lipinski definition) is 5. The number of halogens is 1. The number of aromatic nitrogens is 2. The number of methoxy groups -OCH3 is 1. The van der Waals surface area contributed by atoms with Gasteiger partial charge in [-0.2, -0.15) is 0 Å². The molecule has 5 nitrogen and oxygen atoms in total. The van der Waals surface area contributed by atoms with E-state index in [0.717, 1.165) is 11.4 Å². The summed E-state index contributed by atoms with van der Waals surface area (Å²) in [5, 5.41) is 12.9. The Morgan fingerprint density at radius 3 is 2.84 bits per heavy atom. The lowest BCUT2D eigenvalue weighted by Gasteiger charge is -2.12. The highest BCUT2D eigenvalue weighted by Crippen LogP contribution is 2.31. The fraction of sp³-hybridized carbons (Fsp3) is 0.231. The van der Waals surface area contributed by atoms with E-state index in [4.69, 9.17) is 16.3 Å². The van der Waals surface area contributed by atoms with Gasteiger partial charge in [-0.05, 0) is 6.07 Å². The van der Waals surface area contributed by atoms with Gasteiger partial charge in [-0.25, -0.2) is 0 Å². The predicted molar refractivity (Wildman–Crippen MR) is 73.3 cm³/mol. The zero-order valence-corrected chi connectivity index (χ0v) is 11.2. The fourth-order valence-electron chi connectivity index (χ4n) is 1.65. The number of rotatable bonds is 5. The molecular weight excluding hydrogens is 266 g/mol. The third kappa shape index (κ3) is 3.33. The van der Waals surface area contributed by atoms with Crippen LogP contribution in [0.1, 0.15) is 11.3 Å². The molecule has 19 heavy (non-hydrogen) atoms. The van der Waals surface area contributed by atoms with E-state index < -0.39 is 0 Å². The number of nitrogens with one attached hydrogen (secondary N) is 1. The molecule has 0 bridgehead atoms. The smallest absolute Gasteiger partial charge is 0.126 e. The highest BCUT2D eigenvalue weighted by atomic mass is 35.5. The zero-order chi connectivity index (χ0) is 13.7. The maximum atomic E-state index is 9.20. The molecule has 2 rings (SSSR count). The van der Waals surface area contributed by atoms with Crippen molar-refractivity contribution in [2.45, 2.75) is 13.2 Å². The highest BCUT2D eigenvalue weighted by molar-refractivity contribution is 6.33. The van der Waals surface area contributed by atoms with Crippen molar-refractivity contribution in [1.29, 1.82) is 0 Å². The Kier molecular flexibility index (Phi) is 4.54. The monoisotopic (exact) mass is 279 g/mol. The van der Waals surface area contributed by atoms with Crippen molar-refractivity contribution in [3.63, 3.8) is 0 Å². The SMILES string of the molecule is COc1cc(NCc2cnccn2)c(Cl)cc1CO. The Morgan fingerprint density at radius 1 is 1.37 bits per heavy atom. The van der Waals surface area contributed by atoms with Gasteiger partial charge in [-0.3, -0.25) is 9.97 Å². The van der Waals surface area contributed by atoms with Gasteiger partial charge in [-0.1, -0.05) is 11.6 Å². The standard InChI is InChI=1S/C13H14ClN3O2/c1-19-13-5-12(11(14)4-9(13)8-18)17-7-10-6-15-2-3-16-10/h2-6,17-18H,7-8H2,1H3. The van der Waals surface area contributed by atoms with Crippen molar-refractivity contribution in [3.8, 4) is 5.75 Å². The van der Waals surface area contributed by atoms with E-state index in [9.17, 15) is 5.11 Å². The molecular formula is C13H14ClN3O2. The molecule has 0 spiro atoms. The molecule has 0 amide bonds. The van der Waals surface area contributed by atoms with Crippen LogP contribution in [0.4, 0.5) is 5.69 Å². The zero-order valence-electron chi connectivity index (χ0n) is 10.4. The number of benzene rings is 1. The second-order valence-corrected chi connectivity index (χ2v) is 4.26. The Labute approximate surface area is 116 Å². The minimum absolute atomic E-state index is 0.118. The van der Waals surface area contributed by atoms with Crippen LogP contribution in [0.3, 0.4) is 0 Å². The normalized spacial score (nSPS) is 10.3. The van der Waals surface area contributed by atoms with Crippen LogP contribution in [0.2, 0.25) is 5.02 Å². The number of anilines is 1. The van der Waals surface area contributed by atoms with Crippen molar-refractivity contribution in [3.05, 3.63) is 47.0 Å². The van der Waals surface area contributed by atoms with Crippen molar-refractivity contribution >= 4 is 17.3 Å². The second kappa shape index (κ2) is 6.36. The topological polar surface area (TPSA) is 67.3 Å². The molecule has 0 aliphatic carbocycles. The molecule has 2 aromatic rings. The van der Waals surface area contributed by atoms with Gasteiger partial charge in [0.2, 0.25) is 0 Å². The Bertz CT molecular complexity index is 549. The summed E-state index contributed by atoms with van der Waals surface area (Å²) in [6.07, 6.45) is 4.93. The summed E-state index contributed by atoms with van der Waals surface area (Å²) in [6, 6.07) is 3.43. The summed E-state index contributed by atoms with van der Waals surface area (Å²) in [6.45, 7) is 0.391. The average molecular weight is 280 g/mol. The Hall–Kier alpha value is -1.85. The van der Waals surface area contributed by atoms with Gasteiger partial charge in [0.05, 0.1) is 42.9 Å². The molecule has 1 aromatic heterocycles. The minimum atomic E-state index is -0.118. The van der Waals surface area contributed by atoms with E-state index in [1.165, 1.54) is 0 Å². The van der Waals surface area contributed by atoms with E-state index in [1.807, 2.05) is 0 Å². The third-order valence-electron chi connectivity index (χ3n) is 2.62. The van der Waals surface area contributed by atoms with E-state index in [-0.39, 0.29) is 6.61 Å². The number of hydrogen-bond donors (Lipinski definition) is 2. The summed E-state index contributed by atoms with van der Waals surface area (Å²) in [5.41, 5.74) is 2.18. The lowest BCUT2D eigenvalue weighted by Crippen LogP contribution is -2.03. The van der Waals surface area contributed by atoms with Gasteiger partial charge >= 0.3 is 0 Å². The molecule has 0 radical (unpaired) electrons. The third-order valence-corrected chi connectivity index (χ3v) is 2.93. The van der Waals surface area contributed by atoms with E-state index in [2.05, 4.69) is 15.3 Å². The van der Waals surface area contributed by atoms with Crippen LogP contribution >= 0.6 is 11.6 Å². The van der Waals surface area contributed by atoms with Gasteiger partial charge in [0.15, 0.2) is 0 Å². The van der Waals surface area contributed by atoms with Crippen LogP contribution < -0.4 is 10.1 Å². The molecule has 1 aromatic carbocycles. The molecule has 0 saturated heterocycles. The number of nitrogens with zero attached hydrogens (tertiary/aromatic N) is 2. The first-order chi connectivity index (χ1) is 9.24. The molecule has 6 heteroatoms. The van der Waals surface area contributed by atoms with Crippen molar-refractivity contribution < 1.29 is 9.84 Å². The molecule has 0 atom stereocenters. The first-order valence-electron chi connectivity index (χ1n) is 5.70. The van der Waals surface area contributed by atoms with Crippen molar-refractivity contribution in [2.75, 3.05) is 12.4 Å². The number of aliphatic hydroxyl groups is 1. The van der Waals surface area contributed by atoms with Crippen molar-refractivity contribution in [1.82, 2.24) is 9.97 Å². The van der Waals surface area contributed by atoms with Crippen LogP contribution in [-0.4, -0.2) is 22.2 Å². The van der Waals surface area contributed by atoms with Gasteiger partial charge in [0, 0.05) is 24.0 Å². The van der Waals surface area contributed by atoms with E-state index >= 15 is 0 Å². The van der Waals surface area contributed by atoms with Crippen LogP contribution in [0.25, 0.3) is 0 Å². The summed E-state index contributed by atoms with van der Waals surface area (Å²) < 4.78 is 5.20. The summed E-state index contributed by atoms with van der Waals surface area (Å²) >= 11 is 6.14. The molecule has 0 fully saturated rings. The molecule has 1 heterocycles. The van der Waals surface area contributed by atoms with Gasteiger partial charge < -0.3 is 15.2 Å². The fourth-order valence-corrected chi connectivity index (χ4v) is 1.90. The van der Waals surface area contributed by atoms with Gasteiger partial charge in [0.1, 0.15) is 5.75 Å². The Morgan fingerprint density at radius 2 is 2.21 bits per heavy atom. The van der Waals surface area contributed by atoms with Crippen LogP contribution in [-0.2, 0) is 13.2 Å². The average Bonchev–Trinajstić information content (AvgIpc) is 2.46. The summed E-state index contributed by atoms with van der Waals surface area (Å²) in [4.78, 5) is 8.15. The lowest BCUT2D eigenvalue weighted by atomic mass is 10.2. The maximum absolute atomic E-state index is 9.20. The quantitative estimate of drug-likeness (QED) is 0.879. The molecule has 0 aliphatic rings. The number of aliphatic hydroxyl groups excluding tert-OH is 1. The van der Waals surface area contributed by atoms with Gasteiger partial charge in [0.25, 0.3) is 0 Å². The lowest BCUT2D eigenvalue weighted by molar-refractivity contribution is 0.274. The minimum Gasteiger partial charge on any atom is -0.496 e. The van der Waals surface area contributed by atoms with Crippen LogP contribution in [0, 0.1) is 0 Å². The molecule has 100 valence electrons. The summed E-state index contributed by atoms with van der Waals surface area (Å²) in [5.74, 6) is 0.591. The second-order valence-electron chi connectivity index (χ2n) is 3.85. The molecule has 0 aliphatic heterocycles. The van der Waals surface area contributed by atoms with E-state index in [1.54, 1.807) is 37.8 Å². The van der Waals surface area contributed by atoms with Crippen LogP contribution in [0.15, 0.2) is 30.7 Å². The highest BCUT2D eigenvalue weighted by Gasteiger charge is 2.08. The van der Waals surface area contributed by atoms with Crippen LogP contribution in [0.5, 0.6) is 5.75 Å². The maximum Gasteiger partial charge on any atom is 0.126 e. The molecule has 0 unspecified atom stereocenters. The van der Waals surface area contributed by atoms with E-state index in [0.29, 0.717) is 22.9 Å². The molecule has 0 saturated carbocycles. The summed E-state index contributed by atoms with van der Waals surface area (Å²) in [7, 11) is 1.55. The van der Waals surface area contributed by atoms with Gasteiger partial charge in [-0.15, -0.1) is 0 Å². The Balaban J connectivity index is 2.16. The number of ether oxygens (including phenoxy) is 1. The first-order valence-corrected chi connectivity index (χ1v) is 6.08. The first kappa shape index (κ1) is 13.6. The largest absolute Gasteiger partial charge is 0.496 e. The molecule has 2 N–H and O–H groups in total.